The van der Waals surface area contributed by atoms with Gasteiger partial charge in [0.1, 0.15) is 5.82 Å². The molecule has 0 atom stereocenters. The van der Waals surface area contributed by atoms with Crippen LogP contribution in [0.25, 0.3) is 0 Å². The maximum absolute atomic E-state index is 11.4. The molecule has 3 aromatic rings. The summed E-state index contributed by atoms with van der Waals surface area (Å²) in [5.74, 6) is 1.15. The molecule has 6 heteroatoms. The number of anilines is 4. The van der Waals surface area contributed by atoms with Gasteiger partial charge < -0.3 is 10.6 Å². The fourth-order valence-corrected chi connectivity index (χ4v) is 3.18. The van der Waals surface area contributed by atoms with Crippen LogP contribution >= 0.6 is 11.6 Å². The van der Waals surface area contributed by atoms with E-state index in [-0.39, 0.29) is 5.78 Å². The van der Waals surface area contributed by atoms with E-state index in [0.29, 0.717) is 22.4 Å². The number of ketones is 1. The molecule has 138 valence electrons. The van der Waals surface area contributed by atoms with Crippen LogP contribution in [0.15, 0.2) is 42.5 Å². The molecule has 27 heavy (non-hydrogen) atoms. The van der Waals surface area contributed by atoms with Gasteiger partial charge in [0.15, 0.2) is 5.78 Å². The minimum Gasteiger partial charge on any atom is -0.339 e. The van der Waals surface area contributed by atoms with E-state index >= 15 is 0 Å². The van der Waals surface area contributed by atoms with Gasteiger partial charge in [-0.15, -0.1) is 0 Å². The molecule has 0 saturated heterocycles. The molecule has 0 amide bonds. The zero-order chi connectivity index (χ0) is 19.6. The number of nitrogens with zero attached hydrogens (tertiary/aromatic N) is 2. The first-order chi connectivity index (χ1) is 12.8. The number of aromatic nitrogens is 2. The molecule has 0 radical (unpaired) electrons. The van der Waals surface area contributed by atoms with Gasteiger partial charge >= 0.3 is 0 Å². The van der Waals surface area contributed by atoms with Gasteiger partial charge in [0.25, 0.3) is 0 Å². The second-order valence-corrected chi connectivity index (χ2v) is 6.95. The smallest absolute Gasteiger partial charge is 0.229 e. The number of Topliss-reactive ketones (excluding diaryl/α,β-unsaturated/α-hetero) is 1. The van der Waals surface area contributed by atoms with Crippen LogP contribution in [-0.2, 0) is 0 Å². The highest BCUT2D eigenvalue weighted by atomic mass is 35.5. The van der Waals surface area contributed by atoms with E-state index in [1.807, 2.05) is 45.0 Å². The summed E-state index contributed by atoms with van der Waals surface area (Å²) in [4.78, 5) is 20.3. The predicted octanol–water partition coefficient (Wildman–Crippen LogP) is 5.75. The van der Waals surface area contributed by atoms with Gasteiger partial charge in [-0.25, -0.2) is 4.98 Å². The Hall–Kier alpha value is -2.92. The Morgan fingerprint density at radius 1 is 0.963 bits per heavy atom. The normalized spacial score (nSPS) is 10.6. The first-order valence-corrected chi connectivity index (χ1v) is 8.97. The molecule has 0 spiro atoms. The first-order valence-electron chi connectivity index (χ1n) is 8.59. The molecule has 1 aromatic heterocycles. The fourth-order valence-electron chi connectivity index (χ4n) is 2.81. The van der Waals surface area contributed by atoms with Crippen molar-refractivity contribution in [2.24, 2.45) is 0 Å². The molecule has 0 aliphatic carbocycles. The first kappa shape index (κ1) is 18.9. The Labute approximate surface area is 163 Å². The number of hydrogen-bond acceptors (Lipinski definition) is 5. The monoisotopic (exact) mass is 380 g/mol. The maximum atomic E-state index is 11.4. The molecule has 3 rings (SSSR count). The lowest BCUT2D eigenvalue weighted by Gasteiger charge is -2.14. The van der Waals surface area contributed by atoms with Gasteiger partial charge in [-0.1, -0.05) is 17.7 Å². The van der Waals surface area contributed by atoms with Crippen LogP contribution in [0.1, 0.15) is 34.1 Å². The van der Waals surface area contributed by atoms with Crippen LogP contribution in [0, 0.1) is 20.8 Å². The number of halogens is 1. The molecule has 0 saturated carbocycles. The lowest BCUT2D eigenvalue weighted by Crippen LogP contribution is -2.04. The summed E-state index contributed by atoms with van der Waals surface area (Å²) < 4.78 is 0. The van der Waals surface area contributed by atoms with Crippen LogP contribution in [0.4, 0.5) is 23.1 Å². The lowest BCUT2D eigenvalue weighted by molar-refractivity contribution is 0.101. The van der Waals surface area contributed by atoms with Crippen molar-refractivity contribution < 1.29 is 4.79 Å². The number of rotatable bonds is 5. The van der Waals surface area contributed by atoms with E-state index in [0.717, 1.165) is 28.2 Å². The molecule has 2 aromatic carbocycles. The third kappa shape index (κ3) is 4.63. The van der Waals surface area contributed by atoms with Crippen LogP contribution < -0.4 is 10.6 Å². The van der Waals surface area contributed by atoms with Crippen LogP contribution in [0.5, 0.6) is 0 Å². The predicted molar refractivity (Wildman–Crippen MR) is 111 cm³/mol. The number of carbonyl (C=O) groups is 1. The molecular formula is C21H21ClN4O. The van der Waals surface area contributed by atoms with Crippen LogP contribution in [-0.4, -0.2) is 15.8 Å². The van der Waals surface area contributed by atoms with E-state index in [4.69, 9.17) is 11.6 Å². The second kappa shape index (κ2) is 7.76. The van der Waals surface area contributed by atoms with Gasteiger partial charge in [-0.05, 0) is 69.2 Å². The molecule has 2 N–H and O–H groups in total. The average Bonchev–Trinajstić information content (AvgIpc) is 2.58. The van der Waals surface area contributed by atoms with E-state index in [1.165, 1.54) is 0 Å². The third-order valence-electron chi connectivity index (χ3n) is 4.09. The second-order valence-electron chi connectivity index (χ2n) is 6.54. The van der Waals surface area contributed by atoms with Crippen molar-refractivity contribution in [3.05, 3.63) is 69.9 Å². The zero-order valence-corrected chi connectivity index (χ0v) is 16.5. The minimum absolute atomic E-state index is 0.0326. The van der Waals surface area contributed by atoms with Crippen LogP contribution in [0.3, 0.4) is 0 Å². The average molecular weight is 381 g/mol. The summed E-state index contributed by atoms with van der Waals surface area (Å²) in [7, 11) is 0. The molecule has 0 unspecified atom stereocenters. The quantitative estimate of drug-likeness (QED) is 0.552. The van der Waals surface area contributed by atoms with Crippen molar-refractivity contribution in [1.82, 2.24) is 9.97 Å². The van der Waals surface area contributed by atoms with Gasteiger partial charge in [0.05, 0.1) is 10.7 Å². The summed E-state index contributed by atoms with van der Waals surface area (Å²) in [5, 5.41) is 7.11. The Bertz CT molecular complexity index is 977. The topological polar surface area (TPSA) is 66.9 Å². The summed E-state index contributed by atoms with van der Waals surface area (Å²) in [6, 6.07) is 13.1. The SMILES string of the molecule is CC(=O)c1ccc(Nc2nc(C)cc(Nc3c(C)cc(C)cc3Cl)n2)cc1. The minimum atomic E-state index is 0.0326. The van der Waals surface area contributed by atoms with Gasteiger partial charge in [0.2, 0.25) is 5.95 Å². The van der Waals surface area contributed by atoms with Crippen LogP contribution in [0.2, 0.25) is 5.02 Å². The maximum Gasteiger partial charge on any atom is 0.229 e. The Morgan fingerprint density at radius 2 is 1.67 bits per heavy atom. The summed E-state index contributed by atoms with van der Waals surface area (Å²) in [6.45, 7) is 7.46. The highest BCUT2D eigenvalue weighted by molar-refractivity contribution is 6.33. The van der Waals surface area contributed by atoms with Crippen molar-refractivity contribution in [3.63, 3.8) is 0 Å². The van der Waals surface area contributed by atoms with Crippen molar-refractivity contribution in [2.75, 3.05) is 10.6 Å². The van der Waals surface area contributed by atoms with Crippen molar-refractivity contribution in [1.29, 1.82) is 0 Å². The van der Waals surface area contributed by atoms with Crippen molar-refractivity contribution >= 4 is 40.5 Å². The van der Waals surface area contributed by atoms with Crippen molar-refractivity contribution in [3.8, 4) is 0 Å². The number of carbonyl (C=O) groups excluding carboxylic acids is 1. The number of benzene rings is 2. The highest BCUT2D eigenvalue weighted by Gasteiger charge is 2.09. The molecular weight excluding hydrogens is 360 g/mol. The Kier molecular flexibility index (Phi) is 5.42. The van der Waals surface area contributed by atoms with Crippen molar-refractivity contribution in [2.45, 2.75) is 27.7 Å². The Balaban J connectivity index is 1.85. The van der Waals surface area contributed by atoms with E-state index in [9.17, 15) is 4.79 Å². The highest BCUT2D eigenvalue weighted by Crippen LogP contribution is 2.30. The summed E-state index contributed by atoms with van der Waals surface area (Å²) in [5.41, 5.74) is 5.27. The van der Waals surface area contributed by atoms with Gasteiger partial charge in [-0.3, -0.25) is 4.79 Å². The summed E-state index contributed by atoms with van der Waals surface area (Å²) >= 11 is 6.39. The third-order valence-corrected chi connectivity index (χ3v) is 4.38. The van der Waals surface area contributed by atoms with E-state index < -0.39 is 0 Å². The number of hydrogen-bond donors (Lipinski definition) is 2. The molecule has 0 bridgehead atoms. The largest absolute Gasteiger partial charge is 0.339 e. The lowest BCUT2D eigenvalue weighted by atomic mass is 10.1. The molecule has 0 fully saturated rings. The number of aryl methyl sites for hydroxylation is 3. The molecule has 0 aliphatic rings. The van der Waals surface area contributed by atoms with E-state index in [1.54, 1.807) is 19.1 Å². The zero-order valence-electron chi connectivity index (χ0n) is 15.7. The fraction of sp³-hybridized carbons (Fsp3) is 0.190. The van der Waals surface area contributed by atoms with E-state index in [2.05, 4.69) is 26.7 Å². The van der Waals surface area contributed by atoms with Gasteiger partial charge in [0, 0.05) is 23.0 Å². The summed E-state index contributed by atoms with van der Waals surface area (Å²) in [6.07, 6.45) is 0. The molecule has 5 nitrogen and oxygen atoms in total. The number of nitrogens with one attached hydrogen (secondary N) is 2. The molecule has 0 aliphatic heterocycles. The van der Waals surface area contributed by atoms with Gasteiger partial charge in [-0.2, -0.15) is 4.98 Å². The molecule has 1 heterocycles. The standard InChI is InChI=1S/C21H21ClN4O/c1-12-9-13(2)20(18(22)10-12)25-19-11-14(3)23-21(26-19)24-17-7-5-16(6-8-17)15(4)27/h5-11H,1-4H3,(H2,23,24,25,26). The Morgan fingerprint density at radius 3 is 2.30 bits per heavy atom.